The number of ether oxygens (including phenoxy) is 1. The predicted molar refractivity (Wildman–Crippen MR) is 149 cm³/mol. The molecule has 4 heterocycles. The van der Waals surface area contributed by atoms with Crippen molar-refractivity contribution in [3.63, 3.8) is 0 Å². The number of aliphatic hydroxyl groups is 1. The van der Waals surface area contributed by atoms with Crippen LogP contribution in [0.1, 0.15) is 70.8 Å². The number of rotatable bonds is 7. The van der Waals surface area contributed by atoms with Gasteiger partial charge in [-0.3, -0.25) is 14.4 Å². The van der Waals surface area contributed by atoms with E-state index in [4.69, 9.17) is 9.72 Å². The number of pyridine rings is 1. The average molecular weight is 594 g/mol. The highest BCUT2D eigenvalue weighted by Gasteiger charge is 2.41. The summed E-state index contributed by atoms with van der Waals surface area (Å²) in [5, 5.41) is 22.7. The lowest BCUT2D eigenvalue weighted by atomic mass is 9.99. The van der Waals surface area contributed by atoms with E-state index in [-0.39, 0.29) is 41.6 Å². The molecule has 224 valence electrons. The Hall–Kier alpha value is -4.10. The maximum absolute atomic E-state index is 14.3. The largest absolute Gasteiger partial charge is 0.416 e. The summed E-state index contributed by atoms with van der Waals surface area (Å²) in [6.45, 7) is -0.385. The Morgan fingerprint density at radius 2 is 1.88 bits per heavy atom. The van der Waals surface area contributed by atoms with Gasteiger partial charge in [-0.1, -0.05) is 0 Å². The van der Waals surface area contributed by atoms with Crippen LogP contribution in [0.3, 0.4) is 0 Å². The first-order chi connectivity index (χ1) is 20.6. The van der Waals surface area contributed by atoms with Gasteiger partial charge < -0.3 is 14.4 Å². The summed E-state index contributed by atoms with van der Waals surface area (Å²) in [4.78, 5) is 19.9. The Kier molecular flexibility index (Phi) is 6.62. The van der Waals surface area contributed by atoms with Crippen molar-refractivity contribution in [2.24, 2.45) is 14.1 Å². The number of aliphatic hydroxyl groups excluding tert-OH is 1. The molecule has 7 rings (SSSR count). The third-order valence-corrected chi connectivity index (χ3v) is 8.56. The lowest BCUT2D eigenvalue weighted by molar-refractivity contribution is -0.138. The second-order valence-corrected chi connectivity index (χ2v) is 11.6. The van der Waals surface area contributed by atoms with Crippen molar-refractivity contribution in [1.82, 2.24) is 29.5 Å². The summed E-state index contributed by atoms with van der Waals surface area (Å²) < 4.78 is 52.2. The van der Waals surface area contributed by atoms with Gasteiger partial charge in [0.05, 0.1) is 48.4 Å². The smallest absolute Gasteiger partial charge is 0.390 e. The number of anilines is 1. The molecule has 2 fully saturated rings. The van der Waals surface area contributed by atoms with Gasteiger partial charge >= 0.3 is 6.18 Å². The van der Waals surface area contributed by atoms with Gasteiger partial charge in [0.15, 0.2) is 5.82 Å². The van der Waals surface area contributed by atoms with E-state index in [2.05, 4.69) is 15.3 Å². The number of alkyl halides is 3. The minimum Gasteiger partial charge on any atom is -0.390 e. The minimum atomic E-state index is -4.67. The molecule has 43 heavy (non-hydrogen) atoms. The molecule has 0 radical (unpaired) electrons. The molecule has 0 saturated heterocycles. The van der Waals surface area contributed by atoms with Gasteiger partial charge in [0.2, 0.25) is 0 Å². The van der Waals surface area contributed by atoms with Gasteiger partial charge in [-0.15, -0.1) is 10.2 Å². The van der Waals surface area contributed by atoms with E-state index in [0.717, 1.165) is 47.8 Å². The van der Waals surface area contributed by atoms with E-state index >= 15 is 0 Å². The second-order valence-electron chi connectivity index (χ2n) is 11.6. The van der Waals surface area contributed by atoms with Crippen LogP contribution in [-0.4, -0.2) is 52.8 Å². The summed E-state index contributed by atoms with van der Waals surface area (Å²) in [6, 6.07) is 6.22. The van der Waals surface area contributed by atoms with Gasteiger partial charge in [-0.2, -0.15) is 18.3 Å². The number of carbonyl (C=O) groups excluding carboxylic acids is 1. The van der Waals surface area contributed by atoms with E-state index < -0.39 is 29.9 Å². The first kappa shape index (κ1) is 27.7. The molecule has 2 saturated carbocycles. The average Bonchev–Trinajstić information content (AvgIpc) is 3.22. The SMILES string of the molecule is Cn1cnnc1-c1cnn(C)c1-c1cc(C2CC2)nc(N2Cc3c(cc(CO[C@@H]4CCC[C@@H]4O)cc3C(F)(F)F)C2=O)c1. The molecule has 0 unspecified atom stereocenters. The van der Waals surface area contributed by atoms with Gasteiger partial charge in [-0.05, 0) is 67.5 Å². The summed E-state index contributed by atoms with van der Waals surface area (Å²) in [5.41, 5.74) is 2.26. The zero-order valence-corrected chi connectivity index (χ0v) is 23.7. The van der Waals surface area contributed by atoms with Crippen molar-refractivity contribution in [3.05, 3.63) is 64.7 Å². The highest BCUT2D eigenvalue weighted by atomic mass is 19.4. The Labute approximate surface area is 245 Å². The monoisotopic (exact) mass is 593 g/mol. The van der Waals surface area contributed by atoms with Crippen molar-refractivity contribution in [2.45, 2.75) is 69.6 Å². The van der Waals surface area contributed by atoms with E-state index in [9.17, 15) is 23.1 Å². The molecule has 0 bridgehead atoms. The first-order valence-electron chi connectivity index (χ1n) is 14.3. The number of halogens is 3. The molecule has 2 aliphatic carbocycles. The first-order valence-corrected chi connectivity index (χ1v) is 14.3. The molecule has 4 aromatic rings. The topological polar surface area (TPSA) is 111 Å². The number of hydrogen-bond donors (Lipinski definition) is 1. The van der Waals surface area contributed by atoms with Crippen LogP contribution in [0.4, 0.5) is 19.0 Å². The van der Waals surface area contributed by atoms with Crippen molar-refractivity contribution in [3.8, 4) is 22.6 Å². The second kappa shape index (κ2) is 10.3. The van der Waals surface area contributed by atoms with Crippen LogP contribution in [0.25, 0.3) is 22.6 Å². The molecule has 3 aromatic heterocycles. The standard InChI is InChI=1S/C30H30F3N7O3/c1-38-15-34-37-28(38)20-12-35-39(2)27(20)18-10-23(17-6-7-17)36-26(11-18)40-13-21-19(29(40)42)8-16(9-22(21)30(31,32)33)14-43-25-5-3-4-24(25)41/h8-12,15,17,24-25,41H,3-7,13-14H2,1-2H3/t24-,25+/m0/s1. The molecule has 13 heteroatoms. The molecule has 10 nitrogen and oxygen atoms in total. The number of nitrogens with zero attached hydrogens (tertiary/aromatic N) is 7. The van der Waals surface area contributed by atoms with E-state index in [1.54, 1.807) is 34.9 Å². The summed E-state index contributed by atoms with van der Waals surface area (Å²) in [5.74, 6) is 0.554. The van der Waals surface area contributed by atoms with Gasteiger partial charge in [0.1, 0.15) is 12.1 Å². The number of aryl methyl sites for hydroxylation is 2. The van der Waals surface area contributed by atoms with Gasteiger partial charge in [0.25, 0.3) is 5.91 Å². The number of hydrogen-bond acceptors (Lipinski definition) is 7. The number of aromatic nitrogens is 6. The van der Waals surface area contributed by atoms with Crippen LogP contribution in [0.15, 0.2) is 36.8 Å². The Bertz CT molecular complexity index is 1730. The molecule has 1 amide bonds. The number of benzene rings is 1. The summed E-state index contributed by atoms with van der Waals surface area (Å²) in [6.07, 6.45) is 1.48. The van der Waals surface area contributed by atoms with Crippen LogP contribution in [0.2, 0.25) is 0 Å². The van der Waals surface area contributed by atoms with Crippen molar-refractivity contribution >= 4 is 11.7 Å². The van der Waals surface area contributed by atoms with Gasteiger partial charge in [0, 0.05) is 36.8 Å². The molecule has 1 aliphatic heterocycles. The zero-order chi connectivity index (χ0) is 30.0. The zero-order valence-electron chi connectivity index (χ0n) is 23.7. The molecular weight excluding hydrogens is 563 g/mol. The minimum absolute atomic E-state index is 0.0131. The molecule has 1 aromatic carbocycles. The van der Waals surface area contributed by atoms with Crippen LogP contribution >= 0.6 is 0 Å². The predicted octanol–water partition coefficient (Wildman–Crippen LogP) is 4.76. The maximum Gasteiger partial charge on any atom is 0.416 e. The summed E-state index contributed by atoms with van der Waals surface area (Å²) in [7, 11) is 3.63. The van der Waals surface area contributed by atoms with Crippen LogP contribution in [-0.2, 0) is 38.2 Å². The number of amides is 1. The third-order valence-electron chi connectivity index (χ3n) is 8.56. The highest BCUT2D eigenvalue weighted by molar-refractivity contribution is 6.10. The van der Waals surface area contributed by atoms with E-state index in [0.29, 0.717) is 18.7 Å². The van der Waals surface area contributed by atoms with Crippen molar-refractivity contribution in [1.29, 1.82) is 0 Å². The summed E-state index contributed by atoms with van der Waals surface area (Å²) >= 11 is 0. The fraction of sp³-hybridized carbons (Fsp3) is 0.433. The fourth-order valence-corrected chi connectivity index (χ4v) is 6.16. The van der Waals surface area contributed by atoms with Crippen LogP contribution < -0.4 is 4.90 Å². The van der Waals surface area contributed by atoms with Gasteiger partial charge in [-0.25, -0.2) is 4.98 Å². The highest BCUT2D eigenvalue weighted by Crippen LogP contribution is 2.44. The van der Waals surface area contributed by atoms with Crippen LogP contribution in [0, 0.1) is 0 Å². The Balaban J connectivity index is 1.27. The van der Waals surface area contributed by atoms with Crippen molar-refractivity contribution in [2.75, 3.05) is 4.90 Å². The van der Waals surface area contributed by atoms with E-state index in [1.165, 1.54) is 11.0 Å². The molecular formula is C30H30F3N7O3. The Morgan fingerprint density at radius 1 is 1.07 bits per heavy atom. The molecule has 1 N–H and O–H groups in total. The Morgan fingerprint density at radius 3 is 2.56 bits per heavy atom. The maximum atomic E-state index is 14.3. The van der Waals surface area contributed by atoms with E-state index in [1.807, 2.05) is 13.1 Å². The molecule has 3 aliphatic rings. The third kappa shape index (κ3) is 4.99. The van der Waals surface area contributed by atoms with Crippen molar-refractivity contribution < 1.29 is 27.8 Å². The normalized spacial score (nSPS) is 20.3. The van der Waals surface area contributed by atoms with Crippen LogP contribution in [0.5, 0.6) is 0 Å². The fourth-order valence-electron chi connectivity index (χ4n) is 6.16. The molecule has 0 spiro atoms. The number of carbonyl (C=O) groups is 1. The lowest BCUT2D eigenvalue weighted by Crippen LogP contribution is -2.24. The number of fused-ring (bicyclic) bond motifs is 1. The molecule has 2 atom stereocenters. The lowest BCUT2D eigenvalue weighted by Gasteiger charge is -2.18. The quantitative estimate of drug-likeness (QED) is 0.329.